The quantitative estimate of drug-likeness (QED) is 0.615. The molecule has 4 rings (SSSR count). The lowest BCUT2D eigenvalue weighted by Gasteiger charge is -2.28. The van der Waals surface area contributed by atoms with Crippen LogP contribution in [-0.4, -0.2) is 35.6 Å². The number of carbonyl (C=O) groups is 2. The van der Waals surface area contributed by atoms with Crippen LogP contribution in [-0.2, 0) is 6.42 Å². The molecule has 0 atom stereocenters. The standard InChI is InChI=1S/C26H28N4O3/c1-26(2,3)29-24(31)21-12-8-7-9-19(21)15-18-16-22-23(27-17-18)30(13-14-33-22)25(32)28-20-10-5-4-6-11-20/h4-12,16-17H,13-15H2,1-3H3,(H,28,32)(H,29,31). The van der Waals surface area contributed by atoms with Gasteiger partial charge in [-0.25, -0.2) is 9.78 Å². The van der Waals surface area contributed by atoms with Gasteiger partial charge in [-0.1, -0.05) is 36.4 Å². The maximum Gasteiger partial charge on any atom is 0.327 e. The van der Waals surface area contributed by atoms with Gasteiger partial charge >= 0.3 is 6.03 Å². The zero-order chi connectivity index (χ0) is 23.4. The summed E-state index contributed by atoms with van der Waals surface area (Å²) in [7, 11) is 0. The van der Waals surface area contributed by atoms with E-state index < -0.39 is 0 Å². The van der Waals surface area contributed by atoms with E-state index in [9.17, 15) is 9.59 Å². The zero-order valence-corrected chi connectivity index (χ0v) is 19.1. The number of pyridine rings is 1. The van der Waals surface area contributed by atoms with Gasteiger partial charge < -0.3 is 15.4 Å². The molecule has 0 radical (unpaired) electrons. The summed E-state index contributed by atoms with van der Waals surface area (Å²) in [5.74, 6) is 0.930. The van der Waals surface area contributed by atoms with Crippen LogP contribution in [0.1, 0.15) is 42.3 Å². The van der Waals surface area contributed by atoms with Crippen LogP contribution < -0.4 is 20.3 Å². The molecule has 170 valence electrons. The number of fused-ring (bicyclic) bond motifs is 1. The molecule has 1 aliphatic rings. The van der Waals surface area contributed by atoms with Crippen molar-refractivity contribution in [2.45, 2.75) is 32.7 Å². The van der Waals surface area contributed by atoms with E-state index in [1.54, 1.807) is 11.1 Å². The summed E-state index contributed by atoms with van der Waals surface area (Å²) in [6.07, 6.45) is 2.25. The van der Waals surface area contributed by atoms with E-state index >= 15 is 0 Å². The largest absolute Gasteiger partial charge is 0.488 e. The van der Waals surface area contributed by atoms with Crippen molar-refractivity contribution in [2.24, 2.45) is 0 Å². The van der Waals surface area contributed by atoms with Gasteiger partial charge in [0.15, 0.2) is 11.6 Å². The summed E-state index contributed by atoms with van der Waals surface area (Å²) in [5.41, 5.74) is 2.83. The lowest BCUT2D eigenvalue weighted by molar-refractivity contribution is 0.0918. The van der Waals surface area contributed by atoms with E-state index in [4.69, 9.17) is 4.74 Å². The second-order valence-electron chi connectivity index (χ2n) is 9.00. The maximum absolute atomic E-state index is 12.8. The highest BCUT2D eigenvalue weighted by atomic mass is 16.5. The Balaban J connectivity index is 1.54. The van der Waals surface area contributed by atoms with Gasteiger partial charge in [0.05, 0.1) is 6.54 Å². The Hall–Kier alpha value is -3.87. The van der Waals surface area contributed by atoms with Crippen LogP contribution in [0, 0.1) is 0 Å². The van der Waals surface area contributed by atoms with Crippen LogP contribution in [0.15, 0.2) is 66.9 Å². The van der Waals surface area contributed by atoms with Gasteiger partial charge in [-0.15, -0.1) is 0 Å². The number of hydrogen-bond donors (Lipinski definition) is 2. The molecule has 0 saturated heterocycles. The Bertz CT molecular complexity index is 1160. The Morgan fingerprint density at radius 2 is 1.79 bits per heavy atom. The van der Waals surface area contributed by atoms with E-state index in [0.29, 0.717) is 36.7 Å². The molecule has 2 heterocycles. The molecule has 1 aromatic heterocycles. The molecule has 0 unspecified atom stereocenters. The molecular formula is C26H28N4O3. The number of ether oxygens (including phenoxy) is 1. The smallest absolute Gasteiger partial charge is 0.327 e. The number of nitrogens with zero attached hydrogens (tertiary/aromatic N) is 2. The molecule has 7 heteroatoms. The lowest BCUT2D eigenvalue weighted by atomic mass is 9.99. The first-order valence-electron chi connectivity index (χ1n) is 11.0. The average molecular weight is 445 g/mol. The summed E-state index contributed by atoms with van der Waals surface area (Å²) in [6.45, 7) is 6.66. The summed E-state index contributed by atoms with van der Waals surface area (Å²) < 4.78 is 5.81. The fraction of sp³-hybridized carbons (Fsp3) is 0.269. The van der Waals surface area contributed by atoms with E-state index in [1.165, 1.54) is 0 Å². The van der Waals surface area contributed by atoms with Gasteiger partial charge in [0.2, 0.25) is 0 Å². The number of anilines is 2. The first-order chi connectivity index (χ1) is 15.8. The van der Waals surface area contributed by atoms with Gasteiger partial charge in [-0.05, 0) is 62.6 Å². The number of hydrogen-bond acceptors (Lipinski definition) is 4. The van der Waals surface area contributed by atoms with E-state index in [2.05, 4.69) is 15.6 Å². The SMILES string of the molecule is CC(C)(C)NC(=O)c1ccccc1Cc1cnc2c(c1)OCCN2C(=O)Nc1ccccc1. The molecule has 3 amide bonds. The summed E-state index contributed by atoms with van der Waals surface area (Å²) >= 11 is 0. The molecule has 0 spiro atoms. The molecule has 0 bridgehead atoms. The molecule has 2 aromatic carbocycles. The van der Waals surface area contributed by atoms with Gasteiger partial charge in [0, 0.05) is 23.0 Å². The Kier molecular flexibility index (Phi) is 6.31. The van der Waals surface area contributed by atoms with E-state index in [0.717, 1.165) is 16.8 Å². The molecule has 0 saturated carbocycles. The monoisotopic (exact) mass is 444 g/mol. The number of para-hydroxylation sites is 1. The van der Waals surface area contributed by atoms with Crippen LogP contribution >= 0.6 is 0 Å². The number of rotatable bonds is 4. The van der Waals surface area contributed by atoms with Crippen molar-refractivity contribution in [3.05, 3.63) is 83.6 Å². The van der Waals surface area contributed by atoms with Crippen LogP contribution in [0.25, 0.3) is 0 Å². The summed E-state index contributed by atoms with van der Waals surface area (Å²) in [4.78, 5) is 31.7. The van der Waals surface area contributed by atoms with Crippen LogP contribution in [0.5, 0.6) is 5.75 Å². The predicted octanol–water partition coefficient (Wildman–Crippen LogP) is 4.63. The molecule has 0 aliphatic carbocycles. The molecule has 0 fully saturated rings. The Morgan fingerprint density at radius 1 is 1.06 bits per heavy atom. The lowest BCUT2D eigenvalue weighted by Crippen LogP contribution is -2.41. The van der Waals surface area contributed by atoms with Crippen LogP contribution in [0.4, 0.5) is 16.3 Å². The second-order valence-corrected chi connectivity index (χ2v) is 9.00. The number of aromatic nitrogens is 1. The fourth-order valence-electron chi connectivity index (χ4n) is 3.67. The predicted molar refractivity (Wildman–Crippen MR) is 129 cm³/mol. The Morgan fingerprint density at radius 3 is 2.55 bits per heavy atom. The van der Waals surface area contributed by atoms with Gasteiger partial charge in [-0.3, -0.25) is 9.69 Å². The topological polar surface area (TPSA) is 83.6 Å². The summed E-state index contributed by atoms with van der Waals surface area (Å²) in [5, 5.41) is 5.91. The number of benzene rings is 2. The molecule has 3 aromatic rings. The molecule has 2 N–H and O–H groups in total. The third-order valence-electron chi connectivity index (χ3n) is 5.13. The first kappa shape index (κ1) is 22.3. The maximum atomic E-state index is 12.8. The van der Waals surface area contributed by atoms with Crippen molar-refractivity contribution in [3.63, 3.8) is 0 Å². The van der Waals surface area contributed by atoms with E-state index in [1.807, 2.05) is 81.4 Å². The minimum atomic E-state index is -0.324. The number of urea groups is 1. The number of nitrogens with one attached hydrogen (secondary N) is 2. The molecule has 33 heavy (non-hydrogen) atoms. The van der Waals surface area contributed by atoms with Crippen LogP contribution in [0.2, 0.25) is 0 Å². The first-order valence-corrected chi connectivity index (χ1v) is 11.0. The third-order valence-corrected chi connectivity index (χ3v) is 5.13. The molecule has 1 aliphatic heterocycles. The van der Waals surface area contributed by atoms with Crippen molar-refractivity contribution in [1.82, 2.24) is 10.3 Å². The minimum absolute atomic E-state index is 0.107. The fourth-order valence-corrected chi connectivity index (χ4v) is 3.67. The molecular weight excluding hydrogens is 416 g/mol. The van der Waals surface area contributed by atoms with Crippen molar-refractivity contribution >= 4 is 23.4 Å². The Labute approximate surface area is 193 Å². The second kappa shape index (κ2) is 9.32. The minimum Gasteiger partial charge on any atom is -0.488 e. The number of amides is 3. The average Bonchev–Trinajstić information content (AvgIpc) is 2.78. The van der Waals surface area contributed by atoms with Gasteiger partial charge in [0.25, 0.3) is 5.91 Å². The van der Waals surface area contributed by atoms with E-state index in [-0.39, 0.29) is 17.5 Å². The van der Waals surface area contributed by atoms with Crippen molar-refractivity contribution in [3.8, 4) is 5.75 Å². The zero-order valence-electron chi connectivity index (χ0n) is 19.1. The van der Waals surface area contributed by atoms with Gasteiger partial charge in [0.1, 0.15) is 6.61 Å². The highest BCUT2D eigenvalue weighted by Gasteiger charge is 2.26. The molecule has 7 nitrogen and oxygen atoms in total. The van der Waals surface area contributed by atoms with Crippen LogP contribution in [0.3, 0.4) is 0 Å². The number of carbonyl (C=O) groups excluding carboxylic acids is 2. The van der Waals surface area contributed by atoms with Crippen molar-refractivity contribution in [2.75, 3.05) is 23.4 Å². The summed E-state index contributed by atoms with van der Waals surface area (Å²) in [6, 6.07) is 18.5. The van der Waals surface area contributed by atoms with Crippen molar-refractivity contribution < 1.29 is 14.3 Å². The highest BCUT2D eigenvalue weighted by molar-refractivity contribution is 6.02. The van der Waals surface area contributed by atoms with Crippen molar-refractivity contribution in [1.29, 1.82) is 0 Å². The third kappa shape index (κ3) is 5.49. The van der Waals surface area contributed by atoms with Gasteiger partial charge in [-0.2, -0.15) is 0 Å². The normalized spacial score (nSPS) is 13.0. The highest BCUT2D eigenvalue weighted by Crippen LogP contribution is 2.31.